The number of methoxy groups -OCH3 is 1. The molecule has 0 bridgehead atoms. The molecule has 5 nitrogen and oxygen atoms in total. The lowest BCUT2D eigenvalue weighted by molar-refractivity contribution is -0.118. The van der Waals surface area contributed by atoms with Crippen LogP contribution in [0.1, 0.15) is 55.3 Å². The molecule has 0 spiro atoms. The van der Waals surface area contributed by atoms with Crippen LogP contribution in [0.5, 0.6) is 5.75 Å². The van der Waals surface area contributed by atoms with Crippen LogP contribution in [0.25, 0.3) is 0 Å². The maximum absolute atomic E-state index is 12.2. The van der Waals surface area contributed by atoms with Gasteiger partial charge in [0, 0.05) is 37.3 Å². The highest BCUT2D eigenvalue weighted by Crippen LogP contribution is 2.35. The summed E-state index contributed by atoms with van der Waals surface area (Å²) in [5.74, 6) is 1.09. The van der Waals surface area contributed by atoms with Crippen molar-refractivity contribution in [1.82, 2.24) is 10.2 Å². The molecule has 166 valence electrons. The highest BCUT2D eigenvalue weighted by molar-refractivity contribution is 5.96. The summed E-state index contributed by atoms with van der Waals surface area (Å²) in [4.78, 5) is 16.6. The van der Waals surface area contributed by atoms with Crippen molar-refractivity contribution in [1.29, 1.82) is 0 Å². The average molecular weight is 422 g/mol. The van der Waals surface area contributed by atoms with Gasteiger partial charge in [-0.3, -0.25) is 9.69 Å². The van der Waals surface area contributed by atoms with Gasteiger partial charge in [0.05, 0.1) is 13.2 Å². The molecule has 1 amide bonds. The van der Waals surface area contributed by atoms with Crippen LogP contribution in [-0.2, 0) is 17.8 Å². The minimum Gasteiger partial charge on any atom is -0.496 e. The highest BCUT2D eigenvalue weighted by Gasteiger charge is 2.32. The number of anilines is 1. The third-order valence-electron chi connectivity index (χ3n) is 6.77. The molecule has 0 radical (unpaired) electrons. The Labute approximate surface area is 186 Å². The number of piperidine rings is 1. The summed E-state index contributed by atoms with van der Waals surface area (Å²) in [6.07, 6.45) is 4.88. The fourth-order valence-corrected chi connectivity index (χ4v) is 5.19. The van der Waals surface area contributed by atoms with Gasteiger partial charge in [0.15, 0.2) is 0 Å². The zero-order valence-electron chi connectivity index (χ0n) is 19.1. The van der Waals surface area contributed by atoms with Gasteiger partial charge < -0.3 is 15.0 Å². The molecular weight excluding hydrogens is 386 g/mol. The normalized spacial score (nSPS) is 21.8. The Morgan fingerprint density at radius 1 is 1.16 bits per heavy atom. The van der Waals surface area contributed by atoms with Crippen LogP contribution >= 0.6 is 0 Å². The number of ether oxygens (including phenoxy) is 1. The fourth-order valence-electron chi connectivity index (χ4n) is 5.19. The number of amides is 1. The van der Waals surface area contributed by atoms with Crippen molar-refractivity contribution in [2.75, 3.05) is 32.1 Å². The quantitative estimate of drug-likeness (QED) is 0.724. The molecule has 5 heteroatoms. The molecule has 4 rings (SSSR count). The van der Waals surface area contributed by atoms with E-state index in [1.165, 1.54) is 17.5 Å². The Hall–Kier alpha value is -2.37. The summed E-state index contributed by atoms with van der Waals surface area (Å²) in [6, 6.07) is 15.9. The summed E-state index contributed by atoms with van der Waals surface area (Å²) in [7, 11) is 3.61. The number of hydrogen-bond acceptors (Lipinski definition) is 4. The minimum atomic E-state index is 0.184. The molecule has 2 heterocycles. The first-order chi connectivity index (χ1) is 15.1. The topological polar surface area (TPSA) is 44.8 Å². The molecule has 2 aromatic carbocycles. The predicted octanol–water partition coefficient (Wildman–Crippen LogP) is 4.31. The first-order valence-electron chi connectivity index (χ1n) is 11.6. The number of fused-ring (bicyclic) bond motifs is 1. The maximum atomic E-state index is 12.2. The first-order valence-corrected chi connectivity index (χ1v) is 11.6. The highest BCUT2D eigenvalue weighted by atomic mass is 16.5. The van der Waals surface area contributed by atoms with Gasteiger partial charge in [0.25, 0.3) is 0 Å². The van der Waals surface area contributed by atoms with Gasteiger partial charge in [-0.2, -0.15) is 0 Å². The lowest BCUT2D eigenvalue weighted by atomic mass is 9.89. The Morgan fingerprint density at radius 3 is 2.71 bits per heavy atom. The number of carbonyl (C=O) groups excluding carboxylic acids is 1. The van der Waals surface area contributed by atoms with Gasteiger partial charge in [0.2, 0.25) is 5.91 Å². The second-order valence-corrected chi connectivity index (χ2v) is 8.77. The van der Waals surface area contributed by atoms with Crippen LogP contribution in [0.2, 0.25) is 0 Å². The van der Waals surface area contributed by atoms with Gasteiger partial charge in [-0.1, -0.05) is 37.3 Å². The Bertz CT molecular complexity index is 897. The van der Waals surface area contributed by atoms with Crippen molar-refractivity contribution >= 4 is 11.6 Å². The number of nitrogens with one attached hydrogen (secondary N) is 1. The number of rotatable bonds is 7. The summed E-state index contributed by atoms with van der Waals surface area (Å²) in [5, 5.41) is 3.86. The summed E-state index contributed by atoms with van der Waals surface area (Å²) >= 11 is 0. The number of hydrogen-bond donors (Lipinski definition) is 1. The van der Waals surface area contributed by atoms with Crippen LogP contribution in [-0.4, -0.2) is 44.1 Å². The van der Waals surface area contributed by atoms with Crippen molar-refractivity contribution in [3.63, 3.8) is 0 Å². The van der Waals surface area contributed by atoms with E-state index in [0.717, 1.165) is 55.9 Å². The van der Waals surface area contributed by atoms with E-state index in [9.17, 15) is 4.79 Å². The number of aryl methyl sites for hydroxylation is 1. The molecule has 2 aromatic rings. The van der Waals surface area contributed by atoms with Crippen molar-refractivity contribution in [2.24, 2.45) is 0 Å². The summed E-state index contributed by atoms with van der Waals surface area (Å²) in [5.41, 5.74) is 4.71. The van der Waals surface area contributed by atoms with Crippen LogP contribution in [0.15, 0.2) is 42.5 Å². The van der Waals surface area contributed by atoms with E-state index >= 15 is 0 Å². The Morgan fingerprint density at radius 2 is 1.97 bits per heavy atom. The fraction of sp³-hybridized carbons (Fsp3) is 0.500. The lowest BCUT2D eigenvalue weighted by Crippen LogP contribution is -2.48. The molecule has 1 N–H and O–H groups in total. The van der Waals surface area contributed by atoms with Crippen molar-refractivity contribution in [3.8, 4) is 5.75 Å². The Kier molecular flexibility index (Phi) is 6.93. The van der Waals surface area contributed by atoms with E-state index in [1.807, 2.05) is 7.05 Å². The second-order valence-electron chi connectivity index (χ2n) is 8.77. The number of carbonyl (C=O) groups is 1. The molecule has 0 aliphatic carbocycles. The van der Waals surface area contributed by atoms with Crippen LogP contribution in [0.3, 0.4) is 0 Å². The Balaban J connectivity index is 1.57. The molecular formula is C26H35N3O2. The third kappa shape index (κ3) is 4.63. The molecule has 31 heavy (non-hydrogen) atoms. The van der Waals surface area contributed by atoms with E-state index in [4.69, 9.17) is 4.74 Å². The van der Waals surface area contributed by atoms with Crippen molar-refractivity contribution < 1.29 is 9.53 Å². The average Bonchev–Trinajstić information content (AvgIpc) is 2.80. The van der Waals surface area contributed by atoms with Crippen molar-refractivity contribution in [3.05, 3.63) is 59.2 Å². The summed E-state index contributed by atoms with van der Waals surface area (Å²) in [6.45, 7) is 5.26. The predicted molar refractivity (Wildman–Crippen MR) is 126 cm³/mol. The van der Waals surface area contributed by atoms with Crippen LogP contribution in [0, 0.1) is 0 Å². The second kappa shape index (κ2) is 9.84. The van der Waals surface area contributed by atoms with Crippen LogP contribution < -0.4 is 15.0 Å². The molecule has 1 fully saturated rings. The van der Waals surface area contributed by atoms with E-state index < -0.39 is 0 Å². The van der Waals surface area contributed by atoms with Gasteiger partial charge in [-0.05, 0) is 62.0 Å². The minimum absolute atomic E-state index is 0.184. The number of likely N-dealkylation sites (tertiary alicyclic amines) is 1. The maximum Gasteiger partial charge on any atom is 0.227 e. The van der Waals surface area contributed by atoms with Crippen LogP contribution in [0.4, 0.5) is 5.69 Å². The molecule has 0 saturated carbocycles. The van der Waals surface area contributed by atoms with E-state index in [-0.39, 0.29) is 5.91 Å². The standard InChI is InChI=1S/C26H35N3O2/c1-4-14-29-15-8-11-22(26(29)19-9-6-5-7-10-19)27-18-21-16-23-20(17-24(21)31-3)12-13-25(30)28(23)2/h5-7,9-10,16-17,22,26-27H,4,8,11-15,18H2,1-3H3. The molecule has 2 aliphatic rings. The molecule has 2 atom stereocenters. The first kappa shape index (κ1) is 21.8. The lowest BCUT2D eigenvalue weighted by Gasteiger charge is -2.42. The zero-order chi connectivity index (χ0) is 21.8. The molecule has 2 unspecified atom stereocenters. The van der Waals surface area contributed by atoms with Gasteiger partial charge in [-0.25, -0.2) is 0 Å². The SMILES string of the molecule is CCCN1CCCC(NCc2cc3c(cc2OC)CCC(=O)N3C)C1c1ccccc1. The van der Waals surface area contributed by atoms with Gasteiger partial charge >= 0.3 is 0 Å². The number of benzene rings is 2. The van der Waals surface area contributed by atoms with E-state index in [2.05, 4.69) is 59.6 Å². The summed E-state index contributed by atoms with van der Waals surface area (Å²) < 4.78 is 5.73. The van der Waals surface area contributed by atoms with Crippen molar-refractivity contribution in [2.45, 2.75) is 57.7 Å². The van der Waals surface area contributed by atoms with E-state index in [1.54, 1.807) is 12.0 Å². The smallest absolute Gasteiger partial charge is 0.227 e. The molecule has 1 saturated heterocycles. The molecule has 2 aliphatic heterocycles. The van der Waals surface area contributed by atoms with Gasteiger partial charge in [-0.15, -0.1) is 0 Å². The monoisotopic (exact) mass is 421 g/mol. The molecule has 0 aromatic heterocycles. The number of nitrogens with zero attached hydrogens (tertiary/aromatic N) is 2. The zero-order valence-corrected chi connectivity index (χ0v) is 19.1. The third-order valence-corrected chi connectivity index (χ3v) is 6.77. The van der Waals surface area contributed by atoms with Gasteiger partial charge in [0.1, 0.15) is 5.75 Å². The van der Waals surface area contributed by atoms with E-state index in [0.29, 0.717) is 18.5 Å². The largest absolute Gasteiger partial charge is 0.496 e.